The normalized spacial score (nSPS) is 9.44. The molecule has 5 nitrogen and oxygen atoms in total. The van der Waals surface area contributed by atoms with Gasteiger partial charge in [-0.1, -0.05) is 11.6 Å². The van der Waals surface area contributed by atoms with Gasteiger partial charge in [-0.3, -0.25) is 0 Å². The number of nitrogens with zero attached hydrogens (tertiary/aromatic N) is 3. The summed E-state index contributed by atoms with van der Waals surface area (Å²) in [7, 11) is 0. The summed E-state index contributed by atoms with van der Waals surface area (Å²) in [5.41, 5.74) is 0. The zero-order valence-electron chi connectivity index (χ0n) is 4.19. The van der Waals surface area contributed by atoms with Gasteiger partial charge in [0.05, 0.1) is 5.03 Å². The number of aromatic nitrogens is 2. The number of hydrogen-bond acceptors (Lipinski definition) is 3. The molecule has 0 aliphatic rings. The fourth-order valence-corrected chi connectivity index (χ4v) is 0.562. The van der Waals surface area contributed by atoms with Gasteiger partial charge in [0, 0.05) is 16.0 Å². The van der Waals surface area contributed by atoms with Gasteiger partial charge in [0.1, 0.15) is 0 Å². The van der Waals surface area contributed by atoms with Crippen molar-refractivity contribution in [2.45, 2.75) is 0 Å². The van der Waals surface area contributed by atoms with Crippen LogP contribution in [0.4, 0.5) is 0 Å². The van der Waals surface area contributed by atoms with Crippen LogP contribution in [0.2, 0.25) is 5.15 Å². The van der Waals surface area contributed by atoms with Gasteiger partial charge >= 0.3 is 0 Å². The largest absolute Gasteiger partial charge is 0.339 e. The third-order valence-electron chi connectivity index (χ3n) is 0.734. The van der Waals surface area contributed by atoms with Gasteiger partial charge in [-0.25, -0.2) is 0 Å². The zero-order valence-corrected chi connectivity index (χ0v) is 4.95. The Kier molecular flexibility index (Phi) is 1.35. The first-order chi connectivity index (χ1) is 4.22. The van der Waals surface area contributed by atoms with Crippen molar-refractivity contribution in [3.05, 3.63) is 27.5 Å². The third kappa shape index (κ3) is 0.996. The predicted molar refractivity (Wildman–Crippen MR) is 29.6 cm³/mol. The van der Waals surface area contributed by atoms with E-state index in [4.69, 9.17) is 11.6 Å². The lowest BCUT2D eigenvalue weighted by molar-refractivity contribution is -0.552. The van der Waals surface area contributed by atoms with Crippen LogP contribution in [0.5, 0.6) is 0 Å². The maximum Gasteiger partial charge on any atom is 0.202 e. The van der Waals surface area contributed by atoms with Crippen LogP contribution in [0.1, 0.15) is 0 Å². The molecule has 0 aromatic carbocycles. The van der Waals surface area contributed by atoms with Crippen LogP contribution in [0.25, 0.3) is 0 Å². The molecule has 0 atom stereocenters. The Labute approximate surface area is 55.0 Å². The van der Waals surface area contributed by atoms with Crippen molar-refractivity contribution < 1.29 is 5.03 Å². The number of halogens is 1. The molecule has 0 spiro atoms. The Morgan fingerprint density at radius 1 is 1.89 bits per heavy atom. The van der Waals surface area contributed by atoms with Crippen LogP contribution in [0.3, 0.4) is 0 Å². The second kappa shape index (κ2) is 2.02. The Morgan fingerprint density at radius 2 is 2.56 bits per heavy atom. The van der Waals surface area contributed by atoms with E-state index in [0.717, 1.165) is 0 Å². The molecule has 1 rings (SSSR count). The van der Waals surface area contributed by atoms with Crippen molar-refractivity contribution in [3.8, 4) is 0 Å². The Bertz CT molecular complexity index is 233. The van der Waals surface area contributed by atoms with Crippen LogP contribution < -0.4 is 0 Å². The van der Waals surface area contributed by atoms with Gasteiger partial charge in [-0.15, -0.1) is 0 Å². The van der Waals surface area contributed by atoms with Crippen LogP contribution >= 0.6 is 11.6 Å². The second-order valence-corrected chi connectivity index (χ2v) is 1.67. The highest BCUT2D eigenvalue weighted by Gasteiger charge is 2.06. The zero-order chi connectivity index (χ0) is 6.85. The topological polar surface area (TPSA) is 61.0 Å². The van der Waals surface area contributed by atoms with Gasteiger partial charge in [-0.05, 0) is 0 Å². The van der Waals surface area contributed by atoms with Gasteiger partial charge in [0.2, 0.25) is 5.15 Å². The predicted octanol–water partition coefficient (Wildman–Crippen LogP) is 0.576. The molecular formula is C3H2ClN3O2. The first-order valence-electron chi connectivity index (χ1n) is 2.06. The van der Waals surface area contributed by atoms with Crippen molar-refractivity contribution in [2.24, 2.45) is 0 Å². The molecule has 48 valence electrons. The lowest BCUT2D eigenvalue weighted by atomic mass is 10.8. The highest BCUT2D eigenvalue weighted by atomic mass is 35.5. The molecule has 0 aliphatic heterocycles. The number of rotatable bonds is 1. The summed E-state index contributed by atoms with van der Waals surface area (Å²) in [5, 5.41) is 12.5. The summed E-state index contributed by atoms with van der Waals surface area (Å²) in [5.74, 6) is 0. The summed E-state index contributed by atoms with van der Waals surface area (Å²) in [6.07, 6.45) is 1.26. The van der Waals surface area contributed by atoms with Gasteiger partial charge in [0.15, 0.2) is 6.20 Å². The third-order valence-corrected chi connectivity index (χ3v) is 1.01. The molecule has 0 saturated heterocycles. The molecule has 0 saturated carbocycles. The van der Waals surface area contributed by atoms with Crippen molar-refractivity contribution in [3.63, 3.8) is 0 Å². The maximum absolute atomic E-state index is 9.90. The van der Waals surface area contributed by atoms with Crippen molar-refractivity contribution in [1.29, 1.82) is 0 Å². The van der Waals surface area contributed by atoms with Crippen molar-refractivity contribution in [1.82, 2.24) is 9.89 Å². The SMILES string of the molecule is O=[N+]([O-])n1nccc1Cl. The molecule has 0 bridgehead atoms. The molecule has 0 fully saturated rings. The summed E-state index contributed by atoms with van der Waals surface area (Å²) in [6.45, 7) is 0. The van der Waals surface area contributed by atoms with Crippen LogP contribution in [0, 0.1) is 10.1 Å². The van der Waals surface area contributed by atoms with E-state index in [2.05, 4.69) is 5.10 Å². The van der Waals surface area contributed by atoms with Gasteiger partial charge in [-0.2, -0.15) is 0 Å². The van der Waals surface area contributed by atoms with E-state index in [0.29, 0.717) is 4.79 Å². The first kappa shape index (κ1) is 6.03. The van der Waals surface area contributed by atoms with Gasteiger partial charge < -0.3 is 10.1 Å². The fraction of sp³-hybridized carbons (Fsp3) is 0. The molecule has 6 heteroatoms. The Balaban J connectivity index is 3.08. The van der Waals surface area contributed by atoms with E-state index >= 15 is 0 Å². The fourth-order valence-electron chi connectivity index (χ4n) is 0.400. The first-order valence-corrected chi connectivity index (χ1v) is 2.44. The van der Waals surface area contributed by atoms with E-state index in [-0.39, 0.29) is 5.15 Å². The average molecular weight is 148 g/mol. The minimum absolute atomic E-state index is 0.000000000000000444. The maximum atomic E-state index is 9.90. The highest BCUT2D eigenvalue weighted by molar-refractivity contribution is 6.29. The minimum Gasteiger partial charge on any atom is -0.339 e. The van der Waals surface area contributed by atoms with E-state index in [1.807, 2.05) is 0 Å². The summed E-state index contributed by atoms with van der Waals surface area (Å²) in [6, 6.07) is 1.34. The molecule has 1 aromatic heterocycles. The number of nitro groups is 1. The summed E-state index contributed by atoms with van der Waals surface area (Å²) < 4.78 is 0. The molecule has 1 aromatic rings. The highest BCUT2D eigenvalue weighted by Crippen LogP contribution is 2.03. The smallest absolute Gasteiger partial charge is 0.202 e. The van der Waals surface area contributed by atoms with Crippen molar-refractivity contribution in [2.75, 3.05) is 0 Å². The molecule has 0 N–H and O–H groups in total. The summed E-state index contributed by atoms with van der Waals surface area (Å²) in [4.78, 5) is 10.4. The second-order valence-electron chi connectivity index (χ2n) is 1.28. The van der Waals surface area contributed by atoms with E-state index in [1.165, 1.54) is 12.3 Å². The summed E-state index contributed by atoms with van der Waals surface area (Å²) >= 11 is 5.29. The molecule has 0 radical (unpaired) electrons. The quantitative estimate of drug-likeness (QED) is 0.431. The Hall–Kier alpha value is -1.10. The molecule has 1 heterocycles. The van der Waals surface area contributed by atoms with E-state index in [1.54, 1.807) is 0 Å². The minimum atomic E-state index is -0.706. The van der Waals surface area contributed by atoms with Crippen LogP contribution in [0.15, 0.2) is 12.3 Å². The monoisotopic (exact) mass is 147 g/mol. The molecule has 0 aliphatic carbocycles. The van der Waals surface area contributed by atoms with Crippen LogP contribution in [-0.2, 0) is 0 Å². The average Bonchev–Trinajstić information content (AvgIpc) is 2.13. The van der Waals surface area contributed by atoms with E-state index in [9.17, 15) is 10.1 Å². The number of hydrogen-bond donors (Lipinski definition) is 0. The van der Waals surface area contributed by atoms with Gasteiger partial charge in [0.25, 0.3) is 0 Å². The standard InChI is InChI=1S/C3H2ClN3O2/c4-3-1-2-5-6(3)7(8)9/h1-2H. The van der Waals surface area contributed by atoms with Crippen LogP contribution in [-0.4, -0.2) is 14.9 Å². The lowest BCUT2D eigenvalue weighted by Gasteiger charge is -1.89. The lowest BCUT2D eigenvalue weighted by Crippen LogP contribution is -2.09. The molecular weight excluding hydrogens is 146 g/mol. The molecule has 0 unspecified atom stereocenters. The van der Waals surface area contributed by atoms with E-state index < -0.39 is 5.03 Å². The van der Waals surface area contributed by atoms with Crippen molar-refractivity contribution >= 4 is 11.6 Å². The molecule has 9 heavy (non-hydrogen) atoms. The molecule has 0 amide bonds. The Morgan fingerprint density at radius 3 is 2.78 bits per heavy atom.